The first-order valence-corrected chi connectivity index (χ1v) is 9.30. The minimum absolute atomic E-state index is 0.0609. The van der Waals surface area contributed by atoms with E-state index >= 15 is 0 Å². The number of nitrogens with zero attached hydrogens (tertiary/aromatic N) is 3. The smallest absolute Gasteiger partial charge is 0.278 e. The van der Waals surface area contributed by atoms with Crippen LogP contribution in [0.1, 0.15) is 0 Å². The number of hydrogen-bond acceptors (Lipinski definition) is 5. The van der Waals surface area contributed by atoms with E-state index < -0.39 is 0 Å². The van der Waals surface area contributed by atoms with Crippen LogP contribution < -0.4 is 10.9 Å². The highest BCUT2D eigenvalue weighted by Crippen LogP contribution is 2.25. The van der Waals surface area contributed by atoms with Gasteiger partial charge in [0.2, 0.25) is 5.91 Å². The number of aromatic nitrogens is 4. The number of para-hydroxylation sites is 1. The van der Waals surface area contributed by atoms with Crippen molar-refractivity contribution in [2.75, 3.05) is 11.1 Å². The van der Waals surface area contributed by atoms with Crippen molar-refractivity contribution in [2.45, 2.75) is 5.16 Å². The van der Waals surface area contributed by atoms with Crippen molar-refractivity contribution < 1.29 is 9.18 Å². The van der Waals surface area contributed by atoms with Crippen LogP contribution in [-0.4, -0.2) is 31.2 Å². The molecule has 0 aliphatic heterocycles. The molecule has 0 aliphatic carbocycles. The molecule has 1 amide bonds. The van der Waals surface area contributed by atoms with Crippen LogP contribution >= 0.6 is 11.8 Å². The molecule has 2 aromatic carbocycles. The molecular formula is C19H14FN5O2S. The molecule has 0 atom stereocenters. The summed E-state index contributed by atoms with van der Waals surface area (Å²) in [6.07, 6.45) is 1.32. The molecule has 140 valence electrons. The number of benzene rings is 2. The predicted octanol–water partition coefficient (Wildman–Crippen LogP) is 2.98. The maximum atomic E-state index is 13.0. The second kappa shape index (κ2) is 7.65. The number of rotatable bonds is 5. The van der Waals surface area contributed by atoms with E-state index in [1.54, 1.807) is 4.57 Å². The quantitative estimate of drug-likeness (QED) is 0.507. The summed E-state index contributed by atoms with van der Waals surface area (Å²) in [5.41, 5.74) is 1.55. The number of carbonyl (C=O) groups excluding carboxylic acids is 1. The highest BCUT2D eigenvalue weighted by molar-refractivity contribution is 7.99. The summed E-state index contributed by atoms with van der Waals surface area (Å²) in [5, 5.41) is 3.17. The number of fused-ring (bicyclic) bond motifs is 1. The number of thioether (sulfide) groups is 1. The molecule has 0 fully saturated rings. The van der Waals surface area contributed by atoms with Gasteiger partial charge in [-0.25, -0.2) is 14.4 Å². The van der Waals surface area contributed by atoms with Crippen molar-refractivity contribution in [3.8, 4) is 5.69 Å². The highest BCUT2D eigenvalue weighted by atomic mass is 32.2. The number of nitrogens with one attached hydrogen (secondary N) is 2. The minimum atomic E-state index is -0.373. The average Bonchev–Trinajstić information content (AvgIpc) is 3.09. The summed E-state index contributed by atoms with van der Waals surface area (Å²) < 4.78 is 14.7. The number of H-pyrrole nitrogens is 1. The summed E-state index contributed by atoms with van der Waals surface area (Å²) in [4.78, 5) is 35.5. The predicted molar refractivity (Wildman–Crippen MR) is 105 cm³/mol. The Morgan fingerprint density at radius 1 is 1.14 bits per heavy atom. The second-order valence-electron chi connectivity index (χ2n) is 5.81. The molecule has 0 saturated heterocycles. The average molecular weight is 395 g/mol. The standard InChI is InChI=1S/C19H14FN5O2S/c20-12-6-8-13(9-7-12)23-15(26)10-28-19-24-16-17(21-11-22-18(16)27)25(19)14-4-2-1-3-5-14/h1-9,11H,10H2,(H,23,26)(H,21,22,27). The molecule has 4 rings (SSSR count). The zero-order valence-corrected chi connectivity index (χ0v) is 15.2. The maximum absolute atomic E-state index is 13.0. The molecule has 0 spiro atoms. The van der Waals surface area contributed by atoms with Crippen molar-refractivity contribution >= 4 is 34.5 Å². The van der Waals surface area contributed by atoms with Crippen molar-refractivity contribution in [3.63, 3.8) is 0 Å². The van der Waals surface area contributed by atoms with E-state index in [4.69, 9.17) is 0 Å². The fraction of sp³-hybridized carbons (Fsp3) is 0.0526. The van der Waals surface area contributed by atoms with E-state index in [-0.39, 0.29) is 28.6 Å². The summed E-state index contributed by atoms with van der Waals surface area (Å²) in [5.74, 6) is -0.586. The van der Waals surface area contributed by atoms with Crippen LogP contribution in [0.25, 0.3) is 16.9 Å². The third-order valence-electron chi connectivity index (χ3n) is 3.89. The Labute approximate surface area is 162 Å². The lowest BCUT2D eigenvalue weighted by Crippen LogP contribution is -2.14. The van der Waals surface area contributed by atoms with Crippen LogP contribution in [0.4, 0.5) is 10.1 Å². The molecule has 2 heterocycles. The Kier molecular flexibility index (Phi) is 4.90. The summed E-state index contributed by atoms with van der Waals surface area (Å²) in [7, 11) is 0. The third kappa shape index (κ3) is 3.65. The Morgan fingerprint density at radius 3 is 2.64 bits per heavy atom. The number of amides is 1. The molecule has 4 aromatic rings. The zero-order chi connectivity index (χ0) is 19.5. The van der Waals surface area contributed by atoms with Crippen molar-refractivity contribution in [2.24, 2.45) is 0 Å². The Hall–Kier alpha value is -3.46. The lowest BCUT2D eigenvalue weighted by Gasteiger charge is -2.08. The van der Waals surface area contributed by atoms with Gasteiger partial charge in [-0.05, 0) is 36.4 Å². The van der Waals surface area contributed by atoms with Crippen LogP contribution in [0.5, 0.6) is 0 Å². The Balaban J connectivity index is 1.61. The molecule has 0 bridgehead atoms. The zero-order valence-electron chi connectivity index (χ0n) is 14.4. The van der Waals surface area contributed by atoms with Crippen LogP contribution in [-0.2, 0) is 4.79 Å². The molecule has 0 unspecified atom stereocenters. The van der Waals surface area contributed by atoms with Gasteiger partial charge in [0.05, 0.1) is 12.1 Å². The van der Waals surface area contributed by atoms with Gasteiger partial charge >= 0.3 is 0 Å². The lowest BCUT2D eigenvalue weighted by molar-refractivity contribution is -0.113. The fourth-order valence-electron chi connectivity index (χ4n) is 2.65. The highest BCUT2D eigenvalue weighted by Gasteiger charge is 2.17. The number of halogens is 1. The fourth-order valence-corrected chi connectivity index (χ4v) is 3.46. The van der Waals surface area contributed by atoms with Crippen LogP contribution in [0.3, 0.4) is 0 Å². The molecule has 2 aromatic heterocycles. The molecule has 9 heteroatoms. The normalized spacial score (nSPS) is 10.9. The van der Waals surface area contributed by atoms with Gasteiger partial charge in [0, 0.05) is 11.4 Å². The number of aromatic amines is 1. The summed E-state index contributed by atoms with van der Waals surface area (Å²) in [6.45, 7) is 0. The number of carbonyl (C=O) groups is 1. The maximum Gasteiger partial charge on any atom is 0.278 e. The van der Waals surface area contributed by atoms with Crippen LogP contribution in [0.15, 0.2) is 70.9 Å². The van der Waals surface area contributed by atoms with Crippen molar-refractivity contribution in [1.29, 1.82) is 0 Å². The van der Waals surface area contributed by atoms with Gasteiger partial charge in [-0.2, -0.15) is 0 Å². The molecule has 0 aliphatic rings. The van der Waals surface area contributed by atoms with Crippen LogP contribution in [0, 0.1) is 5.82 Å². The van der Waals surface area contributed by atoms with Gasteiger partial charge in [-0.3, -0.25) is 14.2 Å². The SMILES string of the molecule is O=C(CSc1nc2c(=O)[nH]cnc2n1-c1ccccc1)Nc1ccc(F)cc1. The third-order valence-corrected chi connectivity index (χ3v) is 4.83. The minimum Gasteiger partial charge on any atom is -0.325 e. The van der Waals surface area contributed by atoms with Gasteiger partial charge in [-0.15, -0.1) is 0 Å². The van der Waals surface area contributed by atoms with Gasteiger partial charge in [0.1, 0.15) is 5.82 Å². The Bertz CT molecular complexity index is 1190. The number of hydrogen-bond donors (Lipinski definition) is 2. The number of anilines is 1. The lowest BCUT2D eigenvalue weighted by atomic mass is 10.3. The molecular weight excluding hydrogens is 381 g/mol. The van der Waals surface area contributed by atoms with Gasteiger partial charge in [0.25, 0.3) is 5.56 Å². The molecule has 0 saturated carbocycles. The molecule has 28 heavy (non-hydrogen) atoms. The first-order chi connectivity index (χ1) is 13.6. The second-order valence-corrected chi connectivity index (χ2v) is 6.76. The van der Waals surface area contributed by atoms with E-state index in [2.05, 4.69) is 20.3 Å². The topological polar surface area (TPSA) is 92.7 Å². The molecule has 7 nitrogen and oxygen atoms in total. The number of imidazole rings is 1. The molecule has 0 radical (unpaired) electrons. The van der Waals surface area contributed by atoms with Crippen molar-refractivity contribution in [3.05, 3.63) is 77.1 Å². The van der Waals surface area contributed by atoms with E-state index in [0.717, 1.165) is 5.69 Å². The first-order valence-electron chi connectivity index (χ1n) is 8.31. The van der Waals surface area contributed by atoms with Crippen molar-refractivity contribution in [1.82, 2.24) is 19.5 Å². The Morgan fingerprint density at radius 2 is 1.89 bits per heavy atom. The summed E-state index contributed by atoms with van der Waals surface area (Å²) in [6, 6.07) is 14.9. The largest absolute Gasteiger partial charge is 0.325 e. The summed E-state index contributed by atoms with van der Waals surface area (Å²) >= 11 is 1.18. The van der Waals surface area contributed by atoms with Gasteiger partial charge in [0.15, 0.2) is 16.3 Å². The van der Waals surface area contributed by atoms with E-state index in [9.17, 15) is 14.0 Å². The first kappa shape index (κ1) is 17.9. The van der Waals surface area contributed by atoms with E-state index in [1.165, 1.54) is 42.4 Å². The molecule has 2 N–H and O–H groups in total. The van der Waals surface area contributed by atoms with Gasteiger partial charge in [-0.1, -0.05) is 30.0 Å². The van der Waals surface area contributed by atoms with E-state index in [1.807, 2.05) is 30.3 Å². The van der Waals surface area contributed by atoms with E-state index in [0.29, 0.717) is 16.5 Å². The van der Waals surface area contributed by atoms with Gasteiger partial charge < -0.3 is 10.3 Å². The van der Waals surface area contributed by atoms with Crippen LogP contribution in [0.2, 0.25) is 0 Å². The monoisotopic (exact) mass is 395 g/mol.